The van der Waals surface area contributed by atoms with Gasteiger partial charge in [0.2, 0.25) is 0 Å². The van der Waals surface area contributed by atoms with Crippen LogP contribution in [0.15, 0.2) is 48.5 Å². The number of amides is 3. The highest BCUT2D eigenvalue weighted by atomic mass is 19.4. The molecule has 2 atom stereocenters. The predicted octanol–water partition coefficient (Wildman–Crippen LogP) is 3.55. The van der Waals surface area contributed by atoms with Gasteiger partial charge in [-0.2, -0.15) is 22.0 Å². The fourth-order valence-electron chi connectivity index (χ4n) is 3.72. The molecule has 2 N–H and O–H groups in total. The van der Waals surface area contributed by atoms with Crippen LogP contribution in [0.4, 0.5) is 32.0 Å². The predicted molar refractivity (Wildman–Crippen MR) is 121 cm³/mol. The van der Waals surface area contributed by atoms with Crippen LogP contribution in [-0.4, -0.2) is 62.3 Å². The summed E-state index contributed by atoms with van der Waals surface area (Å²) in [4.78, 5) is 39.8. The van der Waals surface area contributed by atoms with Crippen LogP contribution in [0.3, 0.4) is 0 Å². The van der Waals surface area contributed by atoms with E-state index in [0.717, 1.165) is 5.32 Å². The van der Waals surface area contributed by atoms with Crippen LogP contribution in [0.5, 0.6) is 0 Å². The first-order chi connectivity index (χ1) is 17.2. The first-order valence-corrected chi connectivity index (χ1v) is 10.9. The van der Waals surface area contributed by atoms with Gasteiger partial charge in [0.1, 0.15) is 6.04 Å². The number of nitrogens with one attached hydrogen (secondary N) is 2. The van der Waals surface area contributed by atoms with E-state index in [9.17, 15) is 36.3 Å². The topological polar surface area (TPSA) is 87.7 Å². The number of rotatable bonds is 8. The molecule has 0 radical (unpaired) electrons. The monoisotopic (exact) mass is 531 g/mol. The molecular weight excluding hydrogens is 508 g/mol. The fourth-order valence-corrected chi connectivity index (χ4v) is 3.72. The Labute approximate surface area is 207 Å². The Kier molecular flexibility index (Phi) is 7.86. The summed E-state index contributed by atoms with van der Waals surface area (Å²) in [6.07, 6.45) is -5.99. The molecule has 0 saturated heterocycles. The quantitative estimate of drug-likeness (QED) is 0.403. The molecule has 1 aliphatic rings. The van der Waals surface area contributed by atoms with Crippen molar-refractivity contribution in [2.75, 3.05) is 31.7 Å². The minimum Gasteiger partial charge on any atom is -0.383 e. The maximum atomic E-state index is 15.2. The van der Waals surface area contributed by atoms with Gasteiger partial charge in [0.05, 0.1) is 18.8 Å². The average Bonchev–Trinajstić information content (AvgIpc) is 2.94. The first kappa shape index (κ1) is 28.0. The number of hydrogen-bond donors (Lipinski definition) is 2. The summed E-state index contributed by atoms with van der Waals surface area (Å²) < 4.78 is 83.7. The number of para-hydroxylation sites is 1. The van der Waals surface area contributed by atoms with E-state index in [1.165, 1.54) is 18.1 Å². The van der Waals surface area contributed by atoms with Crippen LogP contribution < -0.4 is 15.5 Å². The van der Waals surface area contributed by atoms with Crippen molar-refractivity contribution in [1.29, 1.82) is 0 Å². The van der Waals surface area contributed by atoms with Crippen molar-refractivity contribution in [2.24, 2.45) is 0 Å². The Morgan fingerprint density at radius 3 is 2.16 bits per heavy atom. The number of alkyl halides is 6. The maximum Gasteiger partial charge on any atom is 0.455 e. The minimum absolute atomic E-state index is 0.0482. The van der Waals surface area contributed by atoms with Crippen molar-refractivity contribution in [1.82, 2.24) is 10.6 Å². The fraction of sp³-hybridized carbons (Fsp3) is 0.375. The third kappa shape index (κ3) is 5.55. The normalized spacial score (nSPS) is 17.2. The summed E-state index contributed by atoms with van der Waals surface area (Å²) in [5, 5.41) is 3.26. The van der Waals surface area contributed by atoms with E-state index in [2.05, 4.69) is 5.32 Å². The number of nitrogens with zero attached hydrogens (tertiary/aromatic N) is 1. The Morgan fingerprint density at radius 1 is 0.946 bits per heavy atom. The third-order valence-corrected chi connectivity index (χ3v) is 5.80. The number of halogens is 6. The van der Waals surface area contributed by atoms with Gasteiger partial charge in [-0.05, 0) is 24.1 Å². The van der Waals surface area contributed by atoms with Gasteiger partial charge in [-0.15, -0.1) is 0 Å². The molecule has 7 nitrogen and oxygen atoms in total. The van der Waals surface area contributed by atoms with E-state index < -0.39 is 48.1 Å². The first-order valence-electron chi connectivity index (χ1n) is 10.9. The average molecular weight is 531 g/mol. The summed E-state index contributed by atoms with van der Waals surface area (Å²) in [5.74, 6) is -9.78. The van der Waals surface area contributed by atoms with Crippen molar-refractivity contribution in [2.45, 2.75) is 30.7 Å². The van der Waals surface area contributed by atoms with E-state index in [-0.39, 0.29) is 18.7 Å². The molecule has 0 aliphatic carbocycles. The van der Waals surface area contributed by atoms with Crippen LogP contribution in [-0.2, 0) is 19.1 Å². The highest BCUT2D eigenvalue weighted by Gasteiger charge is 2.58. The zero-order chi connectivity index (χ0) is 27.6. The maximum absolute atomic E-state index is 15.2. The van der Waals surface area contributed by atoms with Gasteiger partial charge in [0.25, 0.3) is 23.4 Å². The van der Waals surface area contributed by atoms with Crippen molar-refractivity contribution in [3.63, 3.8) is 0 Å². The molecular formula is C24H23F6N3O4. The molecule has 0 saturated carbocycles. The van der Waals surface area contributed by atoms with E-state index in [4.69, 9.17) is 4.74 Å². The summed E-state index contributed by atoms with van der Waals surface area (Å²) in [5.41, 5.74) is -1.72. The van der Waals surface area contributed by atoms with Crippen molar-refractivity contribution in [3.05, 3.63) is 54.1 Å². The molecule has 1 aliphatic heterocycles. The Hall–Kier alpha value is -3.61. The lowest BCUT2D eigenvalue weighted by molar-refractivity contribution is -0.278. The number of anilines is 1. The minimum atomic E-state index is -5.99. The standard InChI is InChI=1S/C24H23F6N3O4/c1-22(25,20(35)31-13-23(26,27)24(28,29)30)21(36)32-18-16-9-4-3-7-14(16)15-8-5-6-10-17(15)33(19(18)34)11-12-37-2/h3-10,18H,11-13H2,1-2H3,(H,31,35)(H,32,36)/t18-,22-/m0/s1. The summed E-state index contributed by atoms with van der Waals surface area (Å²) >= 11 is 0. The van der Waals surface area contributed by atoms with Gasteiger partial charge >= 0.3 is 12.1 Å². The summed E-state index contributed by atoms with van der Waals surface area (Å²) in [7, 11) is 1.41. The van der Waals surface area contributed by atoms with E-state index in [0.29, 0.717) is 23.7 Å². The van der Waals surface area contributed by atoms with E-state index >= 15 is 4.39 Å². The van der Waals surface area contributed by atoms with Gasteiger partial charge in [-0.3, -0.25) is 14.4 Å². The summed E-state index contributed by atoms with van der Waals surface area (Å²) in [6.45, 7) is -1.72. The molecule has 3 amide bonds. The molecule has 3 rings (SSSR count). The highest BCUT2D eigenvalue weighted by molar-refractivity contribution is 6.11. The molecule has 0 unspecified atom stereocenters. The van der Waals surface area contributed by atoms with Gasteiger partial charge < -0.3 is 20.3 Å². The number of ether oxygens (including phenoxy) is 1. The van der Waals surface area contributed by atoms with Crippen molar-refractivity contribution >= 4 is 23.4 Å². The second kappa shape index (κ2) is 10.4. The highest BCUT2D eigenvalue weighted by Crippen LogP contribution is 2.40. The molecule has 37 heavy (non-hydrogen) atoms. The number of hydrogen-bond acceptors (Lipinski definition) is 4. The van der Waals surface area contributed by atoms with Gasteiger partial charge in [0.15, 0.2) is 0 Å². The lowest BCUT2D eigenvalue weighted by Crippen LogP contribution is -2.57. The molecule has 0 fully saturated rings. The van der Waals surface area contributed by atoms with Crippen LogP contribution in [0.2, 0.25) is 0 Å². The van der Waals surface area contributed by atoms with Crippen LogP contribution >= 0.6 is 0 Å². The number of methoxy groups -OCH3 is 1. The smallest absolute Gasteiger partial charge is 0.383 e. The van der Waals surface area contributed by atoms with Crippen LogP contribution in [0.25, 0.3) is 11.1 Å². The van der Waals surface area contributed by atoms with Gasteiger partial charge in [0, 0.05) is 19.2 Å². The number of carbonyl (C=O) groups excluding carboxylic acids is 3. The zero-order valence-corrected chi connectivity index (χ0v) is 19.7. The SMILES string of the molecule is COCCN1C(=O)[C@@H](NC(=O)[C@@](C)(F)C(=O)NCC(F)(F)C(F)(F)F)c2ccccc2-c2ccccc21. The van der Waals surface area contributed by atoms with Crippen molar-refractivity contribution in [3.8, 4) is 11.1 Å². The Balaban J connectivity index is 1.93. The second-order valence-electron chi connectivity index (χ2n) is 8.38. The molecule has 0 bridgehead atoms. The van der Waals surface area contributed by atoms with Gasteiger partial charge in [-0.25, -0.2) is 4.39 Å². The van der Waals surface area contributed by atoms with Crippen LogP contribution in [0, 0.1) is 0 Å². The summed E-state index contributed by atoms with van der Waals surface area (Å²) in [6, 6.07) is 11.7. The van der Waals surface area contributed by atoms with E-state index in [1.807, 2.05) is 0 Å². The zero-order valence-electron chi connectivity index (χ0n) is 19.7. The third-order valence-electron chi connectivity index (χ3n) is 5.80. The molecule has 2 aromatic carbocycles. The Bertz CT molecular complexity index is 1190. The second-order valence-corrected chi connectivity index (χ2v) is 8.38. The molecule has 0 spiro atoms. The molecule has 2 aromatic rings. The Morgan fingerprint density at radius 2 is 1.54 bits per heavy atom. The number of fused-ring (bicyclic) bond motifs is 3. The van der Waals surface area contributed by atoms with Crippen molar-refractivity contribution < 1.29 is 45.5 Å². The molecule has 200 valence electrons. The number of benzene rings is 2. The lowest BCUT2D eigenvalue weighted by atomic mass is 9.94. The van der Waals surface area contributed by atoms with Crippen LogP contribution in [0.1, 0.15) is 18.5 Å². The van der Waals surface area contributed by atoms with E-state index in [1.54, 1.807) is 42.5 Å². The largest absolute Gasteiger partial charge is 0.455 e. The number of carbonyl (C=O) groups is 3. The molecule has 1 heterocycles. The molecule has 0 aromatic heterocycles. The molecule has 13 heteroatoms. The van der Waals surface area contributed by atoms with Gasteiger partial charge in [-0.1, -0.05) is 42.5 Å². The lowest BCUT2D eigenvalue weighted by Gasteiger charge is -2.28.